The summed E-state index contributed by atoms with van der Waals surface area (Å²) in [6, 6.07) is 14.1. The van der Waals surface area contributed by atoms with E-state index in [9.17, 15) is 18.0 Å². The molecule has 10 nitrogen and oxygen atoms in total. The molecule has 0 bridgehead atoms. The lowest BCUT2D eigenvalue weighted by molar-refractivity contribution is -0.122. The number of aromatic nitrogens is 2. The fourth-order valence-electron chi connectivity index (χ4n) is 3.94. The third-order valence-electron chi connectivity index (χ3n) is 5.91. The maximum absolute atomic E-state index is 12.9. The van der Waals surface area contributed by atoms with Gasteiger partial charge in [-0.15, -0.1) is 0 Å². The van der Waals surface area contributed by atoms with Gasteiger partial charge in [0.25, 0.3) is 5.91 Å². The number of rotatable bonds is 7. The summed E-state index contributed by atoms with van der Waals surface area (Å²) in [7, 11) is -0.651. The van der Waals surface area contributed by atoms with E-state index in [2.05, 4.69) is 15.5 Å². The van der Waals surface area contributed by atoms with Crippen molar-refractivity contribution in [3.8, 4) is 0 Å². The van der Waals surface area contributed by atoms with Crippen molar-refractivity contribution >= 4 is 32.7 Å². The first kappa shape index (κ1) is 23.9. The highest BCUT2D eigenvalue weighted by molar-refractivity contribution is 7.89. The van der Waals surface area contributed by atoms with Crippen LogP contribution in [-0.4, -0.2) is 91.4 Å². The summed E-state index contributed by atoms with van der Waals surface area (Å²) in [6.07, 6.45) is 0. The lowest BCUT2D eigenvalue weighted by Gasteiger charge is -2.34. The molecule has 0 atom stereocenters. The summed E-state index contributed by atoms with van der Waals surface area (Å²) in [5, 5.41) is 10.7. The number of para-hydroxylation sites is 1. The smallest absolute Gasteiger partial charge is 0.275 e. The first-order valence-corrected chi connectivity index (χ1v) is 12.4. The molecule has 4 rings (SSSR count). The number of piperazine rings is 1. The van der Waals surface area contributed by atoms with Gasteiger partial charge in [-0.05, 0) is 17.7 Å². The largest absolute Gasteiger partial charge is 0.351 e. The van der Waals surface area contributed by atoms with Crippen molar-refractivity contribution in [2.75, 3.05) is 46.8 Å². The van der Waals surface area contributed by atoms with Crippen LogP contribution in [0.2, 0.25) is 0 Å². The molecule has 1 aliphatic heterocycles. The molecule has 2 aromatic carbocycles. The molecule has 0 radical (unpaired) electrons. The highest BCUT2D eigenvalue weighted by Gasteiger charge is 2.26. The number of benzene rings is 2. The maximum atomic E-state index is 12.9. The summed E-state index contributed by atoms with van der Waals surface area (Å²) < 4.78 is 26.2. The SMILES string of the molecule is CN(C)S(=O)(=O)c1ccccc1CNC(=O)CN1CCN(C(=O)c2n[nH]c3ccccc23)CC1. The zero-order valence-corrected chi connectivity index (χ0v) is 20.0. The second-order valence-corrected chi connectivity index (χ2v) is 10.5. The number of aromatic amines is 1. The Kier molecular flexibility index (Phi) is 6.96. The summed E-state index contributed by atoms with van der Waals surface area (Å²) >= 11 is 0. The number of hydrogen-bond acceptors (Lipinski definition) is 6. The number of carbonyl (C=O) groups excluding carboxylic acids is 2. The number of nitrogens with one attached hydrogen (secondary N) is 2. The predicted molar refractivity (Wildman–Crippen MR) is 128 cm³/mol. The number of amides is 2. The first-order chi connectivity index (χ1) is 16.3. The topological polar surface area (TPSA) is 119 Å². The van der Waals surface area contributed by atoms with E-state index >= 15 is 0 Å². The lowest BCUT2D eigenvalue weighted by atomic mass is 10.2. The van der Waals surface area contributed by atoms with E-state index in [-0.39, 0.29) is 29.8 Å². The minimum atomic E-state index is -3.60. The highest BCUT2D eigenvalue weighted by atomic mass is 32.2. The summed E-state index contributed by atoms with van der Waals surface area (Å²) in [4.78, 5) is 29.3. The van der Waals surface area contributed by atoms with E-state index in [1.165, 1.54) is 20.2 Å². The van der Waals surface area contributed by atoms with Gasteiger partial charge in [0.15, 0.2) is 5.69 Å². The Labute approximate surface area is 198 Å². The summed E-state index contributed by atoms with van der Waals surface area (Å²) in [6.45, 7) is 2.41. The number of fused-ring (bicyclic) bond motifs is 1. The van der Waals surface area contributed by atoms with E-state index in [1.54, 1.807) is 23.1 Å². The number of carbonyl (C=O) groups is 2. The van der Waals surface area contributed by atoms with Gasteiger partial charge in [-0.2, -0.15) is 5.10 Å². The van der Waals surface area contributed by atoms with Gasteiger partial charge in [-0.3, -0.25) is 19.6 Å². The van der Waals surface area contributed by atoms with Crippen LogP contribution in [0.5, 0.6) is 0 Å². The van der Waals surface area contributed by atoms with Crippen LogP contribution >= 0.6 is 0 Å². The van der Waals surface area contributed by atoms with Crippen molar-refractivity contribution in [1.29, 1.82) is 0 Å². The Morgan fingerprint density at radius 1 is 1.03 bits per heavy atom. The normalized spacial score (nSPS) is 15.1. The predicted octanol–water partition coefficient (Wildman–Crippen LogP) is 0.887. The fourth-order valence-corrected chi connectivity index (χ4v) is 5.05. The Bertz CT molecular complexity index is 1300. The monoisotopic (exact) mass is 484 g/mol. The molecule has 2 heterocycles. The first-order valence-electron chi connectivity index (χ1n) is 11.0. The van der Waals surface area contributed by atoms with Crippen LogP contribution in [0.25, 0.3) is 10.9 Å². The standard InChI is InChI=1S/C23H28N6O4S/c1-27(2)34(32,33)20-10-6-3-7-17(20)15-24-21(30)16-28-11-13-29(14-12-28)23(31)22-18-8-4-5-9-19(18)25-26-22/h3-10H,11-16H2,1-2H3,(H,24,30)(H,25,26). The Morgan fingerprint density at radius 3 is 2.44 bits per heavy atom. The molecule has 3 aromatic rings. The van der Waals surface area contributed by atoms with Gasteiger partial charge in [-0.25, -0.2) is 12.7 Å². The van der Waals surface area contributed by atoms with Crippen LogP contribution in [0.3, 0.4) is 0 Å². The number of nitrogens with zero attached hydrogens (tertiary/aromatic N) is 4. The quantitative estimate of drug-likeness (QED) is 0.514. The minimum absolute atomic E-state index is 0.118. The molecule has 0 saturated carbocycles. The van der Waals surface area contributed by atoms with E-state index in [0.717, 1.165) is 15.2 Å². The molecule has 2 N–H and O–H groups in total. The second-order valence-electron chi connectivity index (χ2n) is 8.36. The third kappa shape index (κ3) is 4.96. The van der Waals surface area contributed by atoms with Crippen molar-refractivity contribution in [1.82, 2.24) is 29.6 Å². The van der Waals surface area contributed by atoms with Crippen molar-refractivity contribution in [3.05, 3.63) is 59.8 Å². The molecule has 11 heteroatoms. The van der Waals surface area contributed by atoms with Gasteiger partial charge in [0.05, 0.1) is 17.0 Å². The zero-order valence-electron chi connectivity index (χ0n) is 19.2. The van der Waals surface area contributed by atoms with Crippen LogP contribution in [0.1, 0.15) is 16.1 Å². The van der Waals surface area contributed by atoms with Crippen LogP contribution in [0.4, 0.5) is 0 Å². The molecule has 0 spiro atoms. The molecule has 1 aliphatic rings. The highest BCUT2D eigenvalue weighted by Crippen LogP contribution is 2.19. The van der Waals surface area contributed by atoms with Crippen molar-refractivity contribution in [2.24, 2.45) is 0 Å². The molecule has 0 aliphatic carbocycles. The van der Waals surface area contributed by atoms with Gasteiger partial charge in [0.2, 0.25) is 15.9 Å². The Balaban J connectivity index is 1.30. The average molecular weight is 485 g/mol. The second kappa shape index (κ2) is 9.92. The molecular formula is C23H28N6O4S. The molecular weight excluding hydrogens is 456 g/mol. The Morgan fingerprint density at radius 2 is 1.71 bits per heavy atom. The maximum Gasteiger partial charge on any atom is 0.275 e. The van der Waals surface area contributed by atoms with E-state index in [0.29, 0.717) is 37.4 Å². The molecule has 34 heavy (non-hydrogen) atoms. The van der Waals surface area contributed by atoms with Crippen LogP contribution in [0, 0.1) is 0 Å². The third-order valence-corrected chi connectivity index (χ3v) is 7.82. The molecule has 180 valence electrons. The summed E-state index contributed by atoms with van der Waals surface area (Å²) in [5.74, 6) is -0.324. The van der Waals surface area contributed by atoms with Gasteiger partial charge in [0, 0.05) is 52.2 Å². The molecule has 1 aromatic heterocycles. The van der Waals surface area contributed by atoms with Gasteiger partial charge < -0.3 is 10.2 Å². The van der Waals surface area contributed by atoms with E-state index in [4.69, 9.17) is 0 Å². The van der Waals surface area contributed by atoms with Gasteiger partial charge in [0.1, 0.15) is 0 Å². The number of sulfonamides is 1. The van der Waals surface area contributed by atoms with Gasteiger partial charge in [-0.1, -0.05) is 36.4 Å². The minimum Gasteiger partial charge on any atom is -0.351 e. The summed E-state index contributed by atoms with van der Waals surface area (Å²) in [5.41, 5.74) is 1.76. The van der Waals surface area contributed by atoms with Crippen molar-refractivity contribution in [2.45, 2.75) is 11.4 Å². The van der Waals surface area contributed by atoms with Crippen molar-refractivity contribution in [3.63, 3.8) is 0 Å². The van der Waals surface area contributed by atoms with E-state index < -0.39 is 10.0 Å². The molecule has 2 amide bonds. The molecule has 1 fully saturated rings. The van der Waals surface area contributed by atoms with Crippen LogP contribution < -0.4 is 5.32 Å². The number of H-pyrrole nitrogens is 1. The number of hydrogen-bond donors (Lipinski definition) is 2. The fraction of sp³-hybridized carbons (Fsp3) is 0.348. The van der Waals surface area contributed by atoms with Gasteiger partial charge >= 0.3 is 0 Å². The molecule has 0 unspecified atom stereocenters. The lowest BCUT2D eigenvalue weighted by Crippen LogP contribution is -2.51. The average Bonchev–Trinajstić information content (AvgIpc) is 3.27. The zero-order chi connectivity index (χ0) is 24.3. The Hall–Kier alpha value is -3.28. The van der Waals surface area contributed by atoms with Crippen LogP contribution in [0.15, 0.2) is 53.4 Å². The van der Waals surface area contributed by atoms with E-state index in [1.807, 2.05) is 29.2 Å². The van der Waals surface area contributed by atoms with Crippen molar-refractivity contribution < 1.29 is 18.0 Å². The molecule has 1 saturated heterocycles. The van der Waals surface area contributed by atoms with Crippen LogP contribution in [-0.2, 0) is 21.4 Å².